The van der Waals surface area contributed by atoms with E-state index in [-0.39, 0.29) is 0 Å². The molecule has 0 aliphatic rings. The summed E-state index contributed by atoms with van der Waals surface area (Å²) in [7, 11) is 0. The van der Waals surface area contributed by atoms with Gasteiger partial charge in [0.2, 0.25) is 5.82 Å². The van der Waals surface area contributed by atoms with Gasteiger partial charge in [-0.25, -0.2) is 0 Å². The topological polar surface area (TPSA) is 96.1 Å². The number of unbranched alkanes of at least 4 members (excludes halogenated alkanes) is 1. The molecular weight excluding hydrogens is 326 g/mol. The Hall–Kier alpha value is -2.48. The van der Waals surface area contributed by atoms with Crippen molar-refractivity contribution in [3.8, 4) is 11.5 Å². The second-order valence-corrected chi connectivity index (χ2v) is 6.47. The average molecular weight is 342 g/mol. The number of rotatable bonds is 7. The number of carbonyl (C=O) groups excluding carboxylic acids is 1. The zero-order chi connectivity index (χ0) is 16.9. The monoisotopic (exact) mass is 342 g/mol. The molecule has 0 saturated carbocycles. The van der Waals surface area contributed by atoms with Crippen LogP contribution in [0.4, 0.5) is 0 Å². The molecule has 0 radical (unpaired) electrons. The molecule has 3 aromatic heterocycles. The van der Waals surface area contributed by atoms with Crippen LogP contribution in [0.1, 0.15) is 26.2 Å². The zero-order valence-corrected chi connectivity index (χ0v) is 13.9. The summed E-state index contributed by atoms with van der Waals surface area (Å²) < 4.78 is 1.58. The van der Waals surface area contributed by atoms with Crippen LogP contribution in [0.5, 0.6) is 0 Å². The number of nitrogens with zero attached hydrogens (tertiary/aromatic N) is 5. The molecule has 0 aliphatic heterocycles. The standard InChI is InChI=1S/C16H17N5O2S/c1-2-3-7-12(16(22)23)24-14-9-8-13-18-19-15(21(13)20-14)11-6-4-5-10-17-11/h4-6,8-10,12H,2-3,7H2,1H3,(H,22,23)/p-1/t12-/m1/s1. The normalized spacial score (nSPS) is 12.4. The van der Waals surface area contributed by atoms with E-state index in [1.165, 1.54) is 11.8 Å². The Morgan fingerprint density at radius 1 is 1.29 bits per heavy atom. The average Bonchev–Trinajstić information content (AvgIpc) is 3.02. The van der Waals surface area contributed by atoms with Gasteiger partial charge in [-0.3, -0.25) is 4.98 Å². The van der Waals surface area contributed by atoms with Crippen LogP contribution in [0.15, 0.2) is 41.6 Å². The Bertz CT molecular complexity index is 837. The highest BCUT2D eigenvalue weighted by Crippen LogP contribution is 2.26. The van der Waals surface area contributed by atoms with Gasteiger partial charge in [0.1, 0.15) is 10.7 Å². The minimum atomic E-state index is -1.07. The van der Waals surface area contributed by atoms with Crippen LogP contribution in [0.3, 0.4) is 0 Å². The molecule has 3 aromatic rings. The minimum Gasteiger partial charge on any atom is -0.549 e. The van der Waals surface area contributed by atoms with E-state index in [0.717, 1.165) is 12.8 Å². The van der Waals surface area contributed by atoms with Gasteiger partial charge in [0.15, 0.2) is 5.65 Å². The number of aromatic nitrogens is 5. The number of fused-ring (bicyclic) bond motifs is 1. The third-order valence-corrected chi connectivity index (χ3v) is 4.65. The van der Waals surface area contributed by atoms with Crippen molar-refractivity contribution in [3.05, 3.63) is 36.5 Å². The van der Waals surface area contributed by atoms with Crippen LogP contribution in [0.25, 0.3) is 17.2 Å². The molecule has 0 N–H and O–H groups in total. The first-order chi connectivity index (χ1) is 11.7. The van der Waals surface area contributed by atoms with Crippen LogP contribution < -0.4 is 5.11 Å². The van der Waals surface area contributed by atoms with Crippen LogP contribution >= 0.6 is 11.8 Å². The molecule has 0 aliphatic carbocycles. The van der Waals surface area contributed by atoms with Crippen molar-refractivity contribution >= 4 is 23.4 Å². The van der Waals surface area contributed by atoms with Crippen molar-refractivity contribution in [1.29, 1.82) is 0 Å². The van der Waals surface area contributed by atoms with Crippen molar-refractivity contribution in [2.24, 2.45) is 0 Å². The van der Waals surface area contributed by atoms with Crippen LogP contribution in [-0.4, -0.2) is 36.0 Å². The highest BCUT2D eigenvalue weighted by Gasteiger charge is 2.15. The van der Waals surface area contributed by atoms with Gasteiger partial charge in [0.05, 0.1) is 11.2 Å². The first kappa shape index (κ1) is 16.4. The van der Waals surface area contributed by atoms with E-state index in [0.29, 0.717) is 28.6 Å². The van der Waals surface area contributed by atoms with Gasteiger partial charge in [0.25, 0.3) is 0 Å². The smallest absolute Gasteiger partial charge is 0.203 e. The molecule has 1 atom stereocenters. The lowest BCUT2D eigenvalue weighted by Crippen LogP contribution is -2.33. The molecular formula is C16H16N5O2S-. The van der Waals surface area contributed by atoms with Gasteiger partial charge >= 0.3 is 0 Å². The summed E-state index contributed by atoms with van der Waals surface area (Å²) >= 11 is 1.19. The summed E-state index contributed by atoms with van der Waals surface area (Å²) in [6.45, 7) is 2.03. The van der Waals surface area contributed by atoms with Crippen LogP contribution in [0, 0.1) is 0 Å². The van der Waals surface area contributed by atoms with E-state index in [1.807, 2.05) is 25.1 Å². The zero-order valence-electron chi connectivity index (χ0n) is 13.1. The molecule has 8 heteroatoms. The summed E-state index contributed by atoms with van der Waals surface area (Å²) in [5.41, 5.74) is 1.24. The molecule has 124 valence electrons. The number of carboxylic acids is 1. The van der Waals surface area contributed by atoms with Gasteiger partial charge in [0, 0.05) is 6.20 Å². The predicted molar refractivity (Wildman–Crippen MR) is 88.2 cm³/mol. The van der Waals surface area contributed by atoms with Crippen molar-refractivity contribution < 1.29 is 9.90 Å². The molecule has 0 amide bonds. The molecule has 24 heavy (non-hydrogen) atoms. The number of carbonyl (C=O) groups is 1. The third-order valence-electron chi connectivity index (χ3n) is 3.48. The van der Waals surface area contributed by atoms with Gasteiger partial charge in [-0.05, 0) is 30.7 Å². The lowest BCUT2D eigenvalue weighted by molar-refractivity contribution is -0.304. The molecule has 7 nitrogen and oxygen atoms in total. The number of carboxylic acid groups (broad SMARTS) is 1. The molecule has 0 fully saturated rings. The summed E-state index contributed by atoms with van der Waals surface area (Å²) in [5.74, 6) is -0.546. The van der Waals surface area contributed by atoms with E-state index in [9.17, 15) is 9.90 Å². The van der Waals surface area contributed by atoms with E-state index >= 15 is 0 Å². The molecule has 0 aromatic carbocycles. The summed E-state index contributed by atoms with van der Waals surface area (Å²) in [5, 5.41) is 23.9. The Labute approximate surface area is 143 Å². The number of pyridine rings is 1. The summed E-state index contributed by atoms with van der Waals surface area (Å²) in [6, 6.07) is 9.02. The lowest BCUT2D eigenvalue weighted by Gasteiger charge is -2.16. The SMILES string of the molecule is CCCC[C@@H](Sc1ccc2nnc(-c3ccccn3)n2n1)C(=O)[O-]. The van der Waals surface area contributed by atoms with Crippen molar-refractivity contribution in [2.75, 3.05) is 0 Å². The first-order valence-electron chi connectivity index (χ1n) is 7.70. The highest BCUT2D eigenvalue weighted by molar-refractivity contribution is 8.00. The second-order valence-electron chi connectivity index (χ2n) is 5.25. The highest BCUT2D eigenvalue weighted by atomic mass is 32.2. The van der Waals surface area contributed by atoms with E-state index in [2.05, 4.69) is 20.3 Å². The van der Waals surface area contributed by atoms with Crippen molar-refractivity contribution in [1.82, 2.24) is 24.8 Å². The number of aliphatic carboxylic acids is 1. The molecule has 0 spiro atoms. The Kier molecular flexibility index (Phi) is 5.05. The molecule has 0 saturated heterocycles. The molecule has 3 rings (SSSR count). The quantitative estimate of drug-likeness (QED) is 0.601. The number of thioether (sulfide) groups is 1. The van der Waals surface area contributed by atoms with Gasteiger partial charge < -0.3 is 9.90 Å². The summed E-state index contributed by atoms with van der Waals surface area (Å²) in [6.07, 6.45) is 4.00. The maximum atomic E-state index is 11.3. The predicted octanol–water partition coefficient (Wildman–Crippen LogP) is 1.59. The molecule has 0 bridgehead atoms. The van der Waals surface area contributed by atoms with E-state index in [1.54, 1.807) is 22.8 Å². The van der Waals surface area contributed by atoms with Gasteiger partial charge in [-0.15, -0.1) is 10.2 Å². The fourth-order valence-electron chi connectivity index (χ4n) is 2.25. The maximum Gasteiger partial charge on any atom is 0.203 e. The Morgan fingerprint density at radius 3 is 2.88 bits per heavy atom. The third kappa shape index (κ3) is 3.53. The van der Waals surface area contributed by atoms with E-state index < -0.39 is 11.2 Å². The molecule has 0 unspecified atom stereocenters. The molecule has 3 heterocycles. The Morgan fingerprint density at radius 2 is 2.17 bits per heavy atom. The fourth-order valence-corrected chi connectivity index (χ4v) is 3.20. The number of hydrogen-bond donors (Lipinski definition) is 0. The largest absolute Gasteiger partial charge is 0.549 e. The van der Waals surface area contributed by atoms with Crippen LogP contribution in [0.2, 0.25) is 0 Å². The Balaban J connectivity index is 1.91. The van der Waals surface area contributed by atoms with E-state index in [4.69, 9.17) is 0 Å². The van der Waals surface area contributed by atoms with Crippen molar-refractivity contribution in [3.63, 3.8) is 0 Å². The van der Waals surface area contributed by atoms with Crippen molar-refractivity contribution in [2.45, 2.75) is 36.5 Å². The fraction of sp³-hybridized carbons (Fsp3) is 0.312. The minimum absolute atomic E-state index is 0.520. The first-order valence-corrected chi connectivity index (χ1v) is 8.58. The second kappa shape index (κ2) is 7.39. The summed E-state index contributed by atoms with van der Waals surface area (Å²) in [4.78, 5) is 15.6. The number of hydrogen-bond acceptors (Lipinski definition) is 7. The maximum absolute atomic E-state index is 11.3. The van der Waals surface area contributed by atoms with Crippen LogP contribution in [-0.2, 0) is 4.79 Å². The van der Waals surface area contributed by atoms with Gasteiger partial charge in [-0.1, -0.05) is 37.6 Å². The van der Waals surface area contributed by atoms with Gasteiger partial charge in [-0.2, -0.15) is 9.61 Å². The lowest BCUT2D eigenvalue weighted by atomic mass is 10.2.